The van der Waals surface area contributed by atoms with Crippen molar-refractivity contribution in [3.05, 3.63) is 49.8 Å². The number of aliphatic hydroxyl groups excluding tert-OH is 5. The van der Waals surface area contributed by atoms with Crippen LogP contribution in [0.15, 0.2) is 0 Å². The first-order valence-corrected chi connectivity index (χ1v) is 35.0. The normalized spacial score (nSPS) is 34.7. The molecule has 0 heterocycles. The quantitative estimate of drug-likeness (QED) is 0.0993. The molecule has 0 saturated heterocycles. The van der Waals surface area contributed by atoms with E-state index in [0.717, 1.165) is 57.8 Å². The van der Waals surface area contributed by atoms with Crippen LogP contribution in [0.2, 0.25) is 0 Å². The van der Waals surface area contributed by atoms with Crippen molar-refractivity contribution in [2.24, 2.45) is 123 Å². The first-order valence-electron chi connectivity index (χ1n) is 35.0. The molecule has 0 aromatic carbocycles. The van der Waals surface area contributed by atoms with Gasteiger partial charge < -0.3 is 44.8 Å². The molecular formula is C69H99F23O5Rf17-8. The molecule has 0 radical (unpaired) electrons. The summed E-state index contributed by atoms with van der Waals surface area (Å²) in [6.07, 6.45) is -30.4. The Labute approximate surface area is 556 Å². The monoisotopic (exact) mass is 5990 g/mol. The predicted molar refractivity (Wildman–Crippen MR) is 314 cm³/mol. The number of rotatable bonds is 7. The van der Waals surface area contributed by atoms with E-state index in [9.17, 15) is 102 Å². The van der Waals surface area contributed by atoms with Gasteiger partial charge in [0.2, 0.25) is 0 Å². The molecule has 608 valence electrons. The van der Waals surface area contributed by atoms with E-state index in [1.807, 2.05) is 75.7 Å². The average molecular weight is 5980 g/mol. The van der Waals surface area contributed by atoms with Gasteiger partial charge in [-0.2, -0.15) is 67.8 Å². The molecule has 14 aliphatic carbocycles. The Morgan fingerprint density at radius 1 is 0.316 bits per heavy atom. The second kappa shape index (κ2) is 39.9. The van der Waals surface area contributed by atoms with E-state index >= 15 is 4.39 Å². The van der Waals surface area contributed by atoms with Gasteiger partial charge in [-0.3, -0.25) is 4.39 Å². The number of fused-ring (bicyclic) bond motifs is 24. The third-order valence-electron chi connectivity index (χ3n) is 24.0. The molecule has 114 heavy (non-hydrogen) atoms. The fraction of sp³-hybridized carbons (Fsp3) is 0.884. The molecule has 0 amide bonds. The Bertz CT molecular complexity index is 2480. The summed E-state index contributed by atoms with van der Waals surface area (Å²) in [7, 11) is 0. The van der Waals surface area contributed by atoms with E-state index in [1.54, 1.807) is 6.42 Å². The standard InChI is InChI=1S/C16H19F6O.C15H19F4O.C10H10F6O.C9H10F4O.C9H11F3O.5C2H6.17Rf/c17-15(18,19)11(23)6-14(16(20,21)22)5-9-4-10(14)13-8-2-1-7(3-8)12(9)13;16-14(6-11(20)15(17,18)19)5-9-4-10(14)13-8-2-1-7(3-8)12(9)13;11-9(12,13)7(17)8(10(14,15)16)4-5-1-2-6(8)3-5;10-8(7(14)9(11,12)13)4-5-1-2-6(8)3-5;10-9(11,12)8(13)7-4-5-1-2-6(7)3-5;5*1-2;;;;;;;;;;;;;;;;;/h7-10,12-13,23H,1-6H2;7-10,12-13,20H,1-6H2;3,5-6,17H,1-2,4H2;3,5-6,14H,1-2,4H2;3,5-7,13H,1-2,4H2;5*1-2H3;;;;;;;;;;;;;;;;;/q2*-1;3*-2;;;;;;;;;;;;;;;;;;;;;;. The number of halogens is 23. The number of hydrogen-bond acceptors (Lipinski definition) is 5. The van der Waals surface area contributed by atoms with Crippen LogP contribution < -0.4 is 0 Å². The van der Waals surface area contributed by atoms with Crippen LogP contribution in [0.1, 0.15) is 204 Å². The molecule has 0 aromatic rings. The molecule has 23 unspecified atom stereocenters. The fourth-order valence-electron chi connectivity index (χ4n) is 21.1. The zero-order valence-corrected chi connectivity index (χ0v) is 177. The van der Waals surface area contributed by atoms with Crippen LogP contribution in [0.25, 0.3) is 0 Å². The van der Waals surface area contributed by atoms with Crippen LogP contribution in [0.4, 0.5) is 101 Å². The van der Waals surface area contributed by atoms with Crippen LogP contribution in [0.5, 0.6) is 0 Å². The summed E-state index contributed by atoms with van der Waals surface area (Å²) in [6, 6.07) is 0. The first kappa shape index (κ1) is 125. The molecule has 14 rings (SSSR count). The molecular weight excluding hydrogens is 5880 g/mol. The van der Waals surface area contributed by atoms with Crippen LogP contribution in [-0.2, 0) is 0 Å². The minimum Gasteiger partial charge on any atom is -0.554 e. The minimum absolute atomic E-state index is 0. The van der Waals surface area contributed by atoms with Crippen molar-refractivity contribution in [1.29, 1.82) is 0 Å². The number of hydrogen-bond donors (Lipinski definition) is 5. The molecule has 0 aliphatic heterocycles. The van der Waals surface area contributed by atoms with Crippen LogP contribution in [0.3, 0.4) is 0 Å². The second-order valence-electron chi connectivity index (χ2n) is 28.1. The van der Waals surface area contributed by atoms with E-state index in [-0.39, 0.29) is 73.0 Å². The Kier molecular flexibility index (Phi) is 43.7. The smallest absolute Gasteiger partial charge is 0.392 e. The molecule has 23 atom stereocenters. The predicted octanol–water partition coefficient (Wildman–Crippen LogP) is 23.6. The molecule has 5 nitrogen and oxygen atoms in total. The summed E-state index contributed by atoms with van der Waals surface area (Å²) in [5.41, 5.74) is -9.88. The van der Waals surface area contributed by atoms with Crippen molar-refractivity contribution in [2.45, 2.75) is 259 Å². The Morgan fingerprint density at radius 3 is 0.974 bits per heavy atom. The Balaban J connectivity index is -0.0000000963. The molecule has 14 saturated carbocycles. The minimum atomic E-state index is -5.33. The van der Waals surface area contributed by atoms with E-state index in [4.69, 9.17) is 20.4 Å². The summed E-state index contributed by atoms with van der Waals surface area (Å²) in [5.74, 6) is -0.848. The van der Waals surface area contributed by atoms with E-state index in [0.29, 0.717) is 61.2 Å². The summed E-state index contributed by atoms with van der Waals surface area (Å²) in [6.45, 7) is 20.0. The van der Waals surface area contributed by atoms with E-state index in [1.165, 1.54) is 12.8 Å². The topological polar surface area (TPSA) is 101 Å². The largest absolute Gasteiger partial charge is 0.554 e. The Morgan fingerprint density at radius 2 is 0.667 bits per heavy atom. The van der Waals surface area contributed by atoms with Gasteiger partial charge in [-0.1, -0.05) is 157 Å². The molecule has 0 aromatic heterocycles. The van der Waals surface area contributed by atoms with Gasteiger partial charge in [-0.15, -0.1) is 19.3 Å². The van der Waals surface area contributed by atoms with Crippen molar-refractivity contribution in [1.82, 2.24) is 0 Å². The van der Waals surface area contributed by atoms with Gasteiger partial charge in [0.25, 0.3) is 30.9 Å². The third kappa shape index (κ3) is 19.8. The van der Waals surface area contributed by atoms with Crippen molar-refractivity contribution < 1.29 is 127 Å². The summed E-state index contributed by atoms with van der Waals surface area (Å²) in [4.78, 5) is 0. The zero-order valence-electron chi connectivity index (χ0n) is 68.5. The summed E-state index contributed by atoms with van der Waals surface area (Å²) < 4.78 is 295. The molecule has 5 N–H and O–H groups in total. The molecule has 14 fully saturated rings. The Hall–Kier alpha value is -18.8. The fourth-order valence-corrected chi connectivity index (χ4v) is 21.1. The maximum Gasteiger partial charge on any atom is 0.392 e. The van der Waals surface area contributed by atoms with Gasteiger partial charge in [0.15, 0.2) is 0 Å². The van der Waals surface area contributed by atoms with E-state index in [2.05, 4.69) is 0 Å². The number of aliphatic hydroxyl groups is 5. The van der Waals surface area contributed by atoms with E-state index < -0.39 is 145 Å². The van der Waals surface area contributed by atoms with Crippen molar-refractivity contribution >= 4 is 0 Å². The second-order valence-corrected chi connectivity index (χ2v) is 28.1. The van der Waals surface area contributed by atoms with Crippen molar-refractivity contribution in [3.8, 4) is 0 Å². The molecule has 45 heteroatoms. The maximum atomic E-state index is 15.1. The number of alkyl halides is 23. The van der Waals surface area contributed by atoms with Crippen molar-refractivity contribution in [2.75, 3.05) is 0 Å². The SMILES string of the molecule is CC.CC.CC.CC.CC.O[C-](C(F)(F)F)C1(C(F)(F)F)CC2[CH-]C1CC2.O[C-](C(F)(F)F)C1(F)CC2[CH-]C1CC2.O[C-](C1CC2[CH-]C1CC2)C(F)(F)F.O[C-](CC1(C(F)(F)F)CC2CC1C1C3CCC(C3)C21)C(F)(F)F.O[C-](CC1(F)CC2CC1C1C3CCC(C3)C21)C(F)(F)F.[Rf].[Rf].[Rf].[Rf].[Rf].[Rf].[Rf].[Rf].[Rf].[Rf].[Rf].[Rf].[Rf].[Rf].[Rf].[Rf].[Rf]. The van der Waals surface area contributed by atoms with Gasteiger partial charge in [0.05, 0.1) is 5.67 Å². The van der Waals surface area contributed by atoms with Gasteiger partial charge in [-0.05, 0) is 141 Å². The van der Waals surface area contributed by atoms with Gasteiger partial charge in [-0.25, -0.2) is 70.2 Å². The zero-order chi connectivity index (χ0) is 74.3. The first-order chi connectivity index (χ1) is 44.7. The maximum absolute atomic E-state index is 15.1. The van der Waals surface area contributed by atoms with Gasteiger partial charge >= 0.3 is 12.4 Å². The molecule has 14 aliphatic rings. The molecule has 14 bridgehead atoms. The van der Waals surface area contributed by atoms with Crippen LogP contribution in [0, 0.1) is 173 Å². The third-order valence-corrected chi connectivity index (χ3v) is 24.0. The van der Waals surface area contributed by atoms with Gasteiger partial charge in [0.1, 0.15) is 0 Å². The average Bonchev–Trinajstić information content (AvgIpc) is 1.53. The summed E-state index contributed by atoms with van der Waals surface area (Å²) >= 11 is 0. The van der Waals surface area contributed by atoms with Crippen LogP contribution in [-0.4, -0.2) is 80.1 Å². The van der Waals surface area contributed by atoms with Crippen molar-refractivity contribution in [3.63, 3.8) is 0 Å². The summed E-state index contributed by atoms with van der Waals surface area (Å²) in [5, 5.41) is 45.3. The van der Waals surface area contributed by atoms with Gasteiger partial charge in [0, 0.05) is 5.41 Å². The van der Waals surface area contributed by atoms with Crippen LogP contribution >= 0.6 is 0 Å². The molecule has 0 spiro atoms.